The number of nitrogens with one attached hydrogen (secondary N) is 1. The van der Waals surface area contributed by atoms with Gasteiger partial charge in [0.05, 0.1) is 19.1 Å². The van der Waals surface area contributed by atoms with Gasteiger partial charge in [-0.1, -0.05) is 36.7 Å². The summed E-state index contributed by atoms with van der Waals surface area (Å²) in [7, 11) is -2.08. The van der Waals surface area contributed by atoms with Crippen LogP contribution in [0, 0.1) is 0 Å². The molecular formula is C27H38ClN3O5S. The minimum absolute atomic E-state index is 0.0723. The number of carbonyl (C=O) groups is 2. The van der Waals surface area contributed by atoms with Crippen LogP contribution in [0.15, 0.2) is 48.5 Å². The molecule has 8 nitrogen and oxygen atoms in total. The molecule has 0 aliphatic heterocycles. The van der Waals surface area contributed by atoms with Gasteiger partial charge >= 0.3 is 0 Å². The monoisotopic (exact) mass is 551 g/mol. The first kappa shape index (κ1) is 30.4. The molecule has 0 bridgehead atoms. The molecule has 0 radical (unpaired) electrons. The third-order valence-electron chi connectivity index (χ3n) is 5.64. The standard InChI is InChI=1S/C27H38ClN3O5S/c1-7-24(26(33)29-27(2,3)4)30(19-20-13-15-21(28)16-14-20)25(32)12-9-17-31(37(6,34)35)22-10-8-11-23(18-22)36-5/h8,10-11,13-16,18,24H,7,9,12,17,19H2,1-6H3,(H,29,33)/t24-/m0/s1. The van der Waals surface area contributed by atoms with Crippen molar-refractivity contribution in [2.75, 3.05) is 24.2 Å². The van der Waals surface area contributed by atoms with Crippen LogP contribution < -0.4 is 14.4 Å². The van der Waals surface area contributed by atoms with Crippen LogP contribution in [-0.2, 0) is 26.2 Å². The third-order valence-corrected chi connectivity index (χ3v) is 7.09. The summed E-state index contributed by atoms with van der Waals surface area (Å²) in [6.45, 7) is 7.88. The van der Waals surface area contributed by atoms with E-state index in [-0.39, 0.29) is 37.7 Å². The number of benzene rings is 2. The lowest BCUT2D eigenvalue weighted by Gasteiger charge is -2.33. The number of amides is 2. The van der Waals surface area contributed by atoms with Crippen molar-refractivity contribution in [1.82, 2.24) is 10.2 Å². The molecule has 1 N–H and O–H groups in total. The summed E-state index contributed by atoms with van der Waals surface area (Å²) in [6, 6.07) is 13.2. The second-order valence-corrected chi connectivity index (χ2v) is 12.3. The summed E-state index contributed by atoms with van der Waals surface area (Å²) in [5.41, 5.74) is 0.851. The molecule has 10 heteroatoms. The Labute approximate surface area is 226 Å². The lowest BCUT2D eigenvalue weighted by Crippen LogP contribution is -2.53. The molecule has 0 saturated carbocycles. The van der Waals surface area contributed by atoms with Gasteiger partial charge in [0.1, 0.15) is 11.8 Å². The van der Waals surface area contributed by atoms with Crippen molar-refractivity contribution < 1.29 is 22.7 Å². The molecule has 2 aromatic carbocycles. The van der Waals surface area contributed by atoms with E-state index in [4.69, 9.17) is 16.3 Å². The Kier molecular flexibility index (Phi) is 10.8. The number of methoxy groups -OCH3 is 1. The van der Waals surface area contributed by atoms with Crippen LogP contribution >= 0.6 is 11.6 Å². The first-order chi connectivity index (χ1) is 17.2. The second kappa shape index (κ2) is 13.1. The number of nitrogens with zero attached hydrogens (tertiary/aromatic N) is 2. The van der Waals surface area contributed by atoms with Gasteiger partial charge in [-0.25, -0.2) is 8.42 Å². The largest absolute Gasteiger partial charge is 0.497 e. The number of hydrogen-bond donors (Lipinski definition) is 1. The zero-order valence-corrected chi connectivity index (χ0v) is 24.0. The van der Waals surface area contributed by atoms with Crippen LogP contribution in [-0.4, -0.2) is 56.6 Å². The summed E-state index contributed by atoms with van der Waals surface area (Å²) in [4.78, 5) is 28.2. The van der Waals surface area contributed by atoms with Crippen LogP contribution in [0.3, 0.4) is 0 Å². The SMILES string of the molecule is CC[C@@H](C(=O)NC(C)(C)C)N(Cc1ccc(Cl)cc1)C(=O)CCCN(c1cccc(OC)c1)S(C)(=O)=O. The highest BCUT2D eigenvalue weighted by Crippen LogP contribution is 2.24. The molecule has 37 heavy (non-hydrogen) atoms. The van der Waals surface area contributed by atoms with Gasteiger partial charge in [-0.3, -0.25) is 13.9 Å². The Bertz CT molecular complexity index is 1160. The summed E-state index contributed by atoms with van der Waals surface area (Å²) in [5.74, 6) is 0.0726. The highest BCUT2D eigenvalue weighted by atomic mass is 35.5. The van der Waals surface area contributed by atoms with Crippen molar-refractivity contribution in [1.29, 1.82) is 0 Å². The lowest BCUT2D eigenvalue weighted by atomic mass is 10.0. The predicted octanol–water partition coefficient (Wildman–Crippen LogP) is 4.62. The van der Waals surface area contributed by atoms with Crippen molar-refractivity contribution in [3.8, 4) is 5.75 Å². The number of halogens is 1. The van der Waals surface area contributed by atoms with Gasteiger partial charge in [0.25, 0.3) is 0 Å². The summed E-state index contributed by atoms with van der Waals surface area (Å²) in [6.07, 6.45) is 1.91. The van der Waals surface area contributed by atoms with E-state index in [9.17, 15) is 18.0 Å². The maximum Gasteiger partial charge on any atom is 0.243 e. The smallest absolute Gasteiger partial charge is 0.243 e. The molecule has 0 aliphatic rings. The molecule has 0 saturated heterocycles. The minimum atomic E-state index is -3.59. The van der Waals surface area contributed by atoms with Crippen molar-refractivity contribution >= 4 is 39.1 Å². The van der Waals surface area contributed by atoms with Crippen LogP contribution in [0.1, 0.15) is 52.5 Å². The number of hydrogen-bond acceptors (Lipinski definition) is 5. The number of carbonyl (C=O) groups excluding carboxylic acids is 2. The van der Waals surface area contributed by atoms with Gasteiger partial charge in [-0.2, -0.15) is 0 Å². The maximum atomic E-state index is 13.5. The Balaban J connectivity index is 2.24. The predicted molar refractivity (Wildman–Crippen MR) is 148 cm³/mol. The van der Waals surface area contributed by atoms with Gasteiger partial charge in [-0.05, 0) is 63.4 Å². The van der Waals surface area contributed by atoms with Gasteiger partial charge in [-0.15, -0.1) is 0 Å². The quantitative estimate of drug-likeness (QED) is 0.415. The molecule has 2 rings (SSSR count). The van der Waals surface area contributed by atoms with Crippen molar-refractivity contribution in [3.05, 3.63) is 59.1 Å². The maximum absolute atomic E-state index is 13.5. The van der Waals surface area contributed by atoms with Gasteiger partial charge in [0, 0.05) is 36.1 Å². The summed E-state index contributed by atoms with van der Waals surface area (Å²) in [5, 5.41) is 3.55. The fourth-order valence-corrected chi connectivity index (χ4v) is 5.01. The van der Waals surface area contributed by atoms with E-state index in [1.807, 2.05) is 39.8 Å². The summed E-state index contributed by atoms with van der Waals surface area (Å²) >= 11 is 6.02. The van der Waals surface area contributed by atoms with Crippen molar-refractivity contribution in [2.24, 2.45) is 0 Å². The van der Waals surface area contributed by atoms with Gasteiger partial charge in [0.15, 0.2) is 0 Å². The topological polar surface area (TPSA) is 96.0 Å². The minimum Gasteiger partial charge on any atom is -0.497 e. The lowest BCUT2D eigenvalue weighted by molar-refractivity contribution is -0.142. The Morgan fingerprint density at radius 2 is 1.76 bits per heavy atom. The molecule has 2 aromatic rings. The highest BCUT2D eigenvalue weighted by molar-refractivity contribution is 7.92. The molecule has 0 unspecified atom stereocenters. The Hall–Kier alpha value is -2.78. The van der Waals surface area contributed by atoms with Crippen molar-refractivity contribution in [2.45, 2.75) is 65.1 Å². The van der Waals surface area contributed by atoms with Crippen LogP contribution in [0.4, 0.5) is 5.69 Å². The average molecular weight is 552 g/mol. The first-order valence-electron chi connectivity index (χ1n) is 12.2. The number of rotatable bonds is 12. The molecule has 0 aromatic heterocycles. The molecule has 0 fully saturated rings. The highest BCUT2D eigenvalue weighted by Gasteiger charge is 2.30. The fraction of sp³-hybridized carbons (Fsp3) is 0.481. The Morgan fingerprint density at radius 3 is 2.30 bits per heavy atom. The second-order valence-electron chi connectivity index (χ2n) is 9.95. The van der Waals surface area contributed by atoms with E-state index in [0.29, 0.717) is 22.9 Å². The van der Waals surface area contributed by atoms with Gasteiger partial charge in [0.2, 0.25) is 21.8 Å². The first-order valence-corrected chi connectivity index (χ1v) is 14.5. The number of anilines is 1. The van der Waals surface area contributed by atoms with Crippen molar-refractivity contribution in [3.63, 3.8) is 0 Å². The molecule has 204 valence electrons. The number of ether oxygens (including phenoxy) is 1. The zero-order chi connectivity index (χ0) is 27.8. The van der Waals surface area contributed by atoms with E-state index in [2.05, 4.69) is 5.32 Å². The molecular weight excluding hydrogens is 514 g/mol. The third kappa shape index (κ3) is 9.55. The van der Waals surface area contributed by atoms with E-state index in [1.54, 1.807) is 41.3 Å². The number of sulfonamides is 1. The van der Waals surface area contributed by atoms with E-state index in [0.717, 1.165) is 11.8 Å². The average Bonchev–Trinajstić information content (AvgIpc) is 2.81. The normalized spacial score (nSPS) is 12.5. The molecule has 0 spiro atoms. The molecule has 0 aliphatic carbocycles. The molecule has 1 atom stereocenters. The van der Waals surface area contributed by atoms with Crippen LogP contribution in [0.2, 0.25) is 5.02 Å². The Morgan fingerprint density at radius 1 is 1.11 bits per heavy atom. The fourth-order valence-electron chi connectivity index (χ4n) is 3.93. The van der Waals surface area contributed by atoms with E-state index in [1.165, 1.54) is 11.4 Å². The van der Waals surface area contributed by atoms with Gasteiger partial charge < -0.3 is 15.0 Å². The molecule has 2 amide bonds. The van der Waals surface area contributed by atoms with Crippen LogP contribution in [0.25, 0.3) is 0 Å². The van der Waals surface area contributed by atoms with E-state index < -0.39 is 21.6 Å². The van der Waals surface area contributed by atoms with Crippen LogP contribution in [0.5, 0.6) is 5.75 Å². The molecule has 0 heterocycles. The summed E-state index contributed by atoms with van der Waals surface area (Å²) < 4.78 is 31.5. The van der Waals surface area contributed by atoms with E-state index >= 15 is 0 Å². The zero-order valence-electron chi connectivity index (χ0n) is 22.5.